The lowest BCUT2D eigenvalue weighted by Gasteiger charge is -2.09. The molecule has 0 atom stereocenters. The van der Waals surface area contributed by atoms with E-state index in [2.05, 4.69) is 15.1 Å². The average Bonchev–Trinajstić information content (AvgIpc) is 3.17. The first kappa shape index (κ1) is 16.7. The zero-order chi connectivity index (χ0) is 18.8. The van der Waals surface area contributed by atoms with Gasteiger partial charge in [-0.1, -0.05) is 6.07 Å². The molecule has 0 spiro atoms. The monoisotopic (exact) mass is 359 g/mol. The van der Waals surface area contributed by atoms with Crippen molar-refractivity contribution >= 4 is 11.6 Å². The molecule has 0 aliphatic heterocycles. The Balaban J connectivity index is 1.56. The highest BCUT2D eigenvalue weighted by Crippen LogP contribution is 2.24. The van der Waals surface area contributed by atoms with Crippen molar-refractivity contribution in [1.82, 2.24) is 19.6 Å². The number of carbonyl (C=O) groups is 1. The Hall–Kier alpha value is -3.74. The third-order valence-corrected chi connectivity index (χ3v) is 4.22. The number of fused-ring (bicyclic) bond motifs is 1. The molecule has 2 N–H and O–H groups in total. The summed E-state index contributed by atoms with van der Waals surface area (Å²) in [6.45, 7) is 2.40. The van der Waals surface area contributed by atoms with Crippen molar-refractivity contribution in [2.75, 3.05) is 0 Å². The quantitative estimate of drug-likeness (QED) is 0.591. The number of amides is 1. The number of hydrogen-bond donors (Lipinski definition) is 1. The fraction of sp³-hybridized carbons (Fsp3) is 0.100. The molecular weight excluding hydrogens is 342 g/mol. The Morgan fingerprint density at radius 1 is 1.07 bits per heavy atom. The molecule has 0 saturated heterocycles. The average molecular weight is 359 g/mol. The van der Waals surface area contributed by atoms with Crippen molar-refractivity contribution < 1.29 is 9.53 Å². The minimum Gasteiger partial charge on any atom is -0.489 e. The molecule has 3 aromatic heterocycles. The molecule has 0 unspecified atom stereocenters. The Bertz CT molecular complexity index is 1100. The number of hydrogen-bond acceptors (Lipinski definition) is 5. The van der Waals surface area contributed by atoms with Gasteiger partial charge in [-0.05, 0) is 49.4 Å². The molecule has 0 aliphatic carbocycles. The second kappa shape index (κ2) is 6.87. The Kier molecular flexibility index (Phi) is 4.25. The van der Waals surface area contributed by atoms with Crippen molar-refractivity contribution in [3.05, 3.63) is 77.9 Å². The molecule has 1 aromatic carbocycles. The van der Waals surface area contributed by atoms with Crippen LogP contribution in [-0.2, 0) is 6.61 Å². The van der Waals surface area contributed by atoms with Crippen LogP contribution in [0.15, 0.2) is 61.1 Å². The Morgan fingerprint density at radius 3 is 2.59 bits per heavy atom. The number of rotatable bonds is 5. The molecule has 7 nitrogen and oxygen atoms in total. The number of carbonyl (C=O) groups excluding carboxylic acids is 1. The molecule has 0 fully saturated rings. The van der Waals surface area contributed by atoms with Gasteiger partial charge in [-0.3, -0.25) is 9.78 Å². The summed E-state index contributed by atoms with van der Waals surface area (Å²) in [4.78, 5) is 19.9. The zero-order valence-corrected chi connectivity index (χ0v) is 14.7. The minimum absolute atomic E-state index is 0.336. The summed E-state index contributed by atoms with van der Waals surface area (Å²) < 4.78 is 7.41. The summed E-state index contributed by atoms with van der Waals surface area (Å²) in [5.74, 6) is 0.219. The standard InChI is InChI=1S/C20H17N5O2/c1-13-2-3-14(10-22-13)11-27-16-6-4-15(5-7-16)18-9-8-17(19(21)26)20-23-12-24-25(18)20/h2-10,12H,11H2,1H3,(H2,21,26). The normalized spacial score (nSPS) is 10.9. The maximum atomic E-state index is 11.5. The largest absolute Gasteiger partial charge is 0.489 e. The molecule has 7 heteroatoms. The molecule has 0 radical (unpaired) electrons. The fourth-order valence-corrected chi connectivity index (χ4v) is 2.79. The van der Waals surface area contributed by atoms with Crippen LogP contribution in [0.1, 0.15) is 21.6 Å². The maximum Gasteiger partial charge on any atom is 0.252 e. The second-order valence-corrected chi connectivity index (χ2v) is 6.11. The van der Waals surface area contributed by atoms with Gasteiger partial charge in [0.05, 0.1) is 11.3 Å². The number of aromatic nitrogens is 4. The van der Waals surface area contributed by atoms with Crippen LogP contribution in [-0.4, -0.2) is 25.5 Å². The van der Waals surface area contributed by atoms with Gasteiger partial charge in [-0.15, -0.1) is 0 Å². The molecule has 0 aliphatic rings. The van der Waals surface area contributed by atoms with Crippen LogP contribution in [0.4, 0.5) is 0 Å². The zero-order valence-electron chi connectivity index (χ0n) is 14.7. The van der Waals surface area contributed by atoms with Crippen LogP contribution in [0.25, 0.3) is 16.9 Å². The first-order valence-corrected chi connectivity index (χ1v) is 8.39. The topological polar surface area (TPSA) is 95.4 Å². The lowest BCUT2D eigenvalue weighted by molar-refractivity contribution is 0.100. The second-order valence-electron chi connectivity index (χ2n) is 6.11. The summed E-state index contributed by atoms with van der Waals surface area (Å²) in [6.07, 6.45) is 3.21. The Morgan fingerprint density at radius 2 is 1.89 bits per heavy atom. The van der Waals surface area contributed by atoms with Gasteiger partial charge >= 0.3 is 0 Å². The van der Waals surface area contributed by atoms with E-state index >= 15 is 0 Å². The van der Waals surface area contributed by atoms with E-state index in [-0.39, 0.29) is 0 Å². The molecule has 0 saturated carbocycles. The number of ether oxygens (including phenoxy) is 1. The molecule has 3 heterocycles. The van der Waals surface area contributed by atoms with Gasteiger partial charge in [0.15, 0.2) is 5.65 Å². The van der Waals surface area contributed by atoms with E-state index in [4.69, 9.17) is 10.5 Å². The van der Waals surface area contributed by atoms with Crippen molar-refractivity contribution in [1.29, 1.82) is 0 Å². The van der Waals surface area contributed by atoms with Crippen LogP contribution in [0.5, 0.6) is 5.75 Å². The van der Waals surface area contributed by atoms with E-state index in [9.17, 15) is 4.79 Å². The van der Waals surface area contributed by atoms with Gasteiger partial charge < -0.3 is 10.5 Å². The van der Waals surface area contributed by atoms with E-state index in [0.29, 0.717) is 17.8 Å². The predicted molar refractivity (Wildman–Crippen MR) is 100 cm³/mol. The highest BCUT2D eigenvalue weighted by molar-refractivity contribution is 5.99. The minimum atomic E-state index is -0.533. The molecule has 1 amide bonds. The number of nitrogens with zero attached hydrogens (tertiary/aromatic N) is 4. The van der Waals surface area contributed by atoms with Crippen LogP contribution in [0, 0.1) is 6.92 Å². The van der Waals surface area contributed by atoms with E-state index in [1.165, 1.54) is 6.33 Å². The van der Waals surface area contributed by atoms with Crippen molar-refractivity contribution in [2.45, 2.75) is 13.5 Å². The van der Waals surface area contributed by atoms with Gasteiger partial charge in [0.2, 0.25) is 0 Å². The SMILES string of the molecule is Cc1ccc(COc2ccc(-c3ccc(C(N)=O)c4ncnn34)cc2)cn1. The maximum absolute atomic E-state index is 11.5. The van der Waals surface area contributed by atoms with Crippen LogP contribution in [0.3, 0.4) is 0 Å². The van der Waals surface area contributed by atoms with Crippen LogP contribution >= 0.6 is 0 Å². The molecule has 0 bridgehead atoms. The first-order valence-electron chi connectivity index (χ1n) is 8.39. The Labute approximate surface area is 155 Å². The third-order valence-electron chi connectivity index (χ3n) is 4.22. The summed E-state index contributed by atoms with van der Waals surface area (Å²) >= 11 is 0. The number of pyridine rings is 2. The summed E-state index contributed by atoms with van der Waals surface area (Å²) in [5, 5.41) is 4.20. The van der Waals surface area contributed by atoms with Crippen molar-refractivity contribution in [2.24, 2.45) is 5.73 Å². The third kappa shape index (κ3) is 3.35. The molecule has 4 rings (SSSR count). The van der Waals surface area contributed by atoms with E-state index in [0.717, 1.165) is 28.3 Å². The number of nitrogens with two attached hydrogens (primary N) is 1. The molecular formula is C20H17N5O2. The lowest BCUT2D eigenvalue weighted by Crippen LogP contribution is -2.13. The first-order chi connectivity index (χ1) is 13.1. The van der Waals surface area contributed by atoms with Gasteiger partial charge in [0.1, 0.15) is 18.7 Å². The smallest absolute Gasteiger partial charge is 0.252 e. The number of primary amides is 1. The number of aryl methyl sites for hydroxylation is 1. The van der Waals surface area contributed by atoms with Crippen LogP contribution in [0.2, 0.25) is 0 Å². The summed E-state index contributed by atoms with van der Waals surface area (Å²) in [6, 6.07) is 15.1. The molecule has 4 aromatic rings. The highest BCUT2D eigenvalue weighted by atomic mass is 16.5. The van der Waals surface area contributed by atoms with Gasteiger partial charge in [-0.2, -0.15) is 5.10 Å². The van der Waals surface area contributed by atoms with Gasteiger partial charge in [0.25, 0.3) is 5.91 Å². The molecule has 134 valence electrons. The van der Waals surface area contributed by atoms with E-state index < -0.39 is 5.91 Å². The van der Waals surface area contributed by atoms with E-state index in [1.54, 1.807) is 16.6 Å². The number of benzene rings is 1. The molecule has 27 heavy (non-hydrogen) atoms. The van der Waals surface area contributed by atoms with Crippen molar-refractivity contribution in [3.8, 4) is 17.0 Å². The highest BCUT2D eigenvalue weighted by Gasteiger charge is 2.13. The van der Waals surface area contributed by atoms with E-state index in [1.807, 2.05) is 49.5 Å². The van der Waals surface area contributed by atoms with Crippen LogP contribution < -0.4 is 10.5 Å². The predicted octanol–water partition coefficient (Wildman–Crippen LogP) is 2.78. The summed E-state index contributed by atoms with van der Waals surface area (Å²) in [5.41, 5.74) is 9.89. The van der Waals surface area contributed by atoms with Gasteiger partial charge in [0, 0.05) is 23.0 Å². The lowest BCUT2D eigenvalue weighted by atomic mass is 10.1. The van der Waals surface area contributed by atoms with Crippen molar-refractivity contribution in [3.63, 3.8) is 0 Å². The fourth-order valence-electron chi connectivity index (χ4n) is 2.79. The van der Waals surface area contributed by atoms with Gasteiger partial charge in [-0.25, -0.2) is 9.50 Å². The summed E-state index contributed by atoms with van der Waals surface area (Å²) in [7, 11) is 0.